The fourth-order valence-electron chi connectivity index (χ4n) is 3.15. The summed E-state index contributed by atoms with van der Waals surface area (Å²) in [6.45, 7) is 2.67. The number of hydrogen-bond donors (Lipinski definition) is 1. The Bertz CT molecular complexity index is 761. The molecule has 7 nitrogen and oxygen atoms in total. The first-order valence-electron chi connectivity index (χ1n) is 7.89. The summed E-state index contributed by atoms with van der Waals surface area (Å²) in [5.41, 5.74) is 3.05. The summed E-state index contributed by atoms with van der Waals surface area (Å²) in [6.07, 6.45) is 4.91. The van der Waals surface area contributed by atoms with Crippen molar-refractivity contribution in [3.63, 3.8) is 0 Å². The van der Waals surface area contributed by atoms with E-state index >= 15 is 0 Å². The molecule has 0 saturated carbocycles. The summed E-state index contributed by atoms with van der Waals surface area (Å²) >= 11 is 0. The van der Waals surface area contributed by atoms with E-state index in [2.05, 4.69) is 42.7 Å². The van der Waals surface area contributed by atoms with E-state index in [-0.39, 0.29) is 0 Å². The van der Waals surface area contributed by atoms with Crippen molar-refractivity contribution in [1.29, 1.82) is 5.26 Å². The van der Waals surface area contributed by atoms with Crippen LogP contribution in [0.4, 0.5) is 11.6 Å². The number of fused-ring (bicyclic) bond motifs is 1. The molecule has 0 atom stereocenters. The topological polar surface area (TPSA) is 90.6 Å². The van der Waals surface area contributed by atoms with Crippen LogP contribution in [0.1, 0.15) is 23.2 Å². The van der Waals surface area contributed by atoms with Crippen molar-refractivity contribution in [2.45, 2.75) is 19.3 Å². The number of nitriles is 1. The van der Waals surface area contributed by atoms with E-state index in [4.69, 9.17) is 5.26 Å². The molecule has 4 rings (SSSR count). The molecule has 3 heterocycles. The van der Waals surface area contributed by atoms with Gasteiger partial charge in [0.1, 0.15) is 6.07 Å². The first kappa shape index (κ1) is 13.9. The van der Waals surface area contributed by atoms with Gasteiger partial charge in [-0.25, -0.2) is 0 Å². The SMILES string of the molecule is N#Cc1ccnnc1NCC1CN(c2cc3c(nn2)CCC3)C1. The van der Waals surface area contributed by atoms with Crippen LogP contribution >= 0.6 is 0 Å². The molecule has 1 N–H and O–H groups in total. The standard InChI is InChI=1S/C16H17N7/c17-7-13-4-5-19-22-16(13)18-8-11-9-23(10-11)15-6-12-2-1-3-14(12)20-21-15/h4-6,11H,1-3,8-10H2,(H,18,22). The van der Waals surface area contributed by atoms with Gasteiger partial charge in [0, 0.05) is 25.6 Å². The number of nitrogens with one attached hydrogen (secondary N) is 1. The summed E-state index contributed by atoms with van der Waals surface area (Å²) in [7, 11) is 0. The molecule has 0 aromatic carbocycles. The summed E-state index contributed by atoms with van der Waals surface area (Å²) in [5.74, 6) is 2.06. The molecule has 0 unspecified atom stereocenters. The van der Waals surface area contributed by atoms with Gasteiger partial charge < -0.3 is 10.2 Å². The molecule has 0 amide bonds. The molecule has 0 bridgehead atoms. The monoisotopic (exact) mass is 307 g/mol. The Balaban J connectivity index is 1.33. The van der Waals surface area contributed by atoms with Gasteiger partial charge in [-0.2, -0.15) is 15.5 Å². The highest BCUT2D eigenvalue weighted by Crippen LogP contribution is 2.27. The summed E-state index contributed by atoms with van der Waals surface area (Å²) < 4.78 is 0. The van der Waals surface area contributed by atoms with Gasteiger partial charge in [0.05, 0.1) is 17.5 Å². The summed E-state index contributed by atoms with van der Waals surface area (Å²) in [5, 5.41) is 28.7. The molecular weight excluding hydrogens is 290 g/mol. The Morgan fingerprint density at radius 1 is 1.26 bits per heavy atom. The maximum absolute atomic E-state index is 9.04. The minimum absolute atomic E-state index is 0.513. The molecule has 1 fully saturated rings. The van der Waals surface area contributed by atoms with E-state index in [1.165, 1.54) is 23.9 Å². The van der Waals surface area contributed by atoms with Crippen LogP contribution in [0.15, 0.2) is 18.3 Å². The van der Waals surface area contributed by atoms with Crippen molar-refractivity contribution < 1.29 is 0 Å². The largest absolute Gasteiger partial charge is 0.367 e. The lowest BCUT2D eigenvalue weighted by molar-refractivity contribution is 0.424. The zero-order valence-electron chi connectivity index (χ0n) is 12.7. The van der Waals surface area contributed by atoms with Gasteiger partial charge in [0.25, 0.3) is 0 Å². The number of aromatic nitrogens is 4. The highest BCUT2D eigenvalue weighted by Gasteiger charge is 2.29. The minimum atomic E-state index is 0.513. The van der Waals surface area contributed by atoms with Crippen molar-refractivity contribution in [3.8, 4) is 6.07 Å². The quantitative estimate of drug-likeness (QED) is 0.906. The second-order valence-corrected chi connectivity index (χ2v) is 6.09. The molecule has 23 heavy (non-hydrogen) atoms. The third-order valence-corrected chi connectivity index (χ3v) is 4.49. The van der Waals surface area contributed by atoms with E-state index in [9.17, 15) is 0 Å². The van der Waals surface area contributed by atoms with Gasteiger partial charge in [-0.15, -0.1) is 10.2 Å². The molecule has 116 valence electrons. The van der Waals surface area contributed by atoms with Crippen molar-refractivity contribution in [2.24, 2.45) is 5.92 Å². The normalized spacial score (nSPS) is 16.6. The minimum Gasteiger partial charge on any atom is -0.367 e. The molecule has 1 aliphatic heterocycles. The maximum atomic E-state index is 9.04. The summed E-state index contributed by atoms with van der Waals surface area (Å²) in [6, 6.07) is 5.98. The second kappa shape index (κ2) is 5.80. The van der Waals surface area contributed by atoms with Crippen LogP contribution in [0.5, 0.6) is 0 Å². The van der Waals surface area contributed by atoms with Gasteiger partial charge in [0.2, 0.25) is 0 Å². The Hall–Kier alpha value is -2.75. The Labute approximate surface area is 134 Å². The van der Waals surface area contributed by atoms with Crippen LogP contribution in [0, 0.1) is 17.2 Å². The van der Waals surface area contributed by atoms with Crippen LogP contribution in [0.3, 0.4) is 0 Å². The average Bonchev–Trinajstić information content (AvgIpc) is 3.01. The van der Waals surface area contributed by atoms with Crippen LogP contribution in [-0.4, -0.2) is 40.0 Å². The first-order valence-corrected chi connectivity index (χ1v) is 7.89. The number of rotatable bonds is 4. The van der Waals surface area contributed by atoms with Gasteiger partial charge in [0.15, 0.2) is 11.6 Å². The van der Waals surface area contributed by atoms with Crippen molar-refractivity contribution in [2.75, 3.05) is 29.9 Å². The number of anilines is 2. The third-order valence-electron chi connectivity index (χ3n) is 4.49. The predicted octanol–water partition coefficient (Wildman–Crippen LogP) is 1.18. The zero-order valence-corrected chi connectivity index (χ0v) is 12.7. The highest BCUT2D eigenvalue weighted by atomic mass is 15.3. The molecule has 0 radical (unpaired) electrons. The fraction of sp³-hybridized carbons (Fsp3) is 0.438. The molecule has 2 aliphatic rings. The van der Waals surface area contributed by atoms with Crippen LogP contribution in [0.2, 0.25) is 0 Å². The lowest BCUT2D eigenvalue weighted by atomic mass is 10.00. The van der Waals surface area contributed by atoms with E-state index in [0.29, 0.717) is 17.3 Å². The van der Waals surface area contributed by atoms with E-state index in [1.807, 2.05) is 0 Å². The number of nitrogens with zero attached hydrogens (tertiary/aromatic N) is 6. The summed E-state index contributed by atoms with van der Waals surface area (Å²) in [4.78, 5) is 2.25. The first-order chi connectivity index (χ1) is 11.3. The third kappa shape index (κ3) is 2.68. The molecule has 1 aliphatic carbocycles. The van der Waals surface area contributed by atoms with E-state index < -0.39 is 0 Å². The van der Waals surface area contributed by atoms with Crippen LogP contribution < -0.4 is 10.2 Å². The predicted molar refractivity (Wildman–Crippen MR) is 85.0 cm³/mol. The molecular formula is C16H17N7. The van der Waals surface area contributed by atoms with Crippen LogP contribution in [-0.2, 0) is 12.8 Å². The van der Waals surface area contributed by atoms with E-state index in [0.717, 1.165) is 38.3 Å². The Morgan fingerprint density at radius 2 is 2.17 bits per heavy atom. The lowest BCUT2D eigenvalue weighted by Gasteiger charge is -2.40. The van der Waals surface area contributed by atoms with Gasteiger partial charge in [-0.3, -0.25) is 0 Å². The highest BCUT2D eigenvalue weighted by molar-refractivity contribution is 5.50. The van der Waals surface area contributed by atoms with Gasteiger partial charge in [-0.05, 0) is 37.0 Å². The number of aryl methyl sites for hydroxylation is 2. The van der Waals surface area contributed by atoms with Crippen LogP contribution in [0.25, 0.3) is 0 Å². The lowest BCUT2D eigenvalue weighted by Crippen LogP contribution is -2.50. The molecule has 2 aromatic heterocycles. The maximum Gasteiger partial charge on any atom is 0.166 e. The average molecular weight is 307 g/mol. The van der Waals surface area contributed by atoms with Crippen molar-refractivity contribution in [1.82, 2.24) is 20.4 Å². The second-order valence-electron chi connectivity index (χ2n) is 6.09. The molecule has 0 spiro atoms. The van der Waals surface area contributed by atoms with Gasteiger partial charge >= 0.3 is 0 Å². The number of hydrogen-bond acceptors (Lipinski definition) is 7. The van der Waals surface area contributed by atoms with Crippen molar-refractivity contribution in [3.05, 3.63) is 35.2 Å². The fourth-order valence-corrected chi connectivity index (χ4v) is 3.15. The Kier molecular flexibility index (Phi) is 3.50. The Morgan fingerprint density at radius 3 is 3.04 bits per heavy atom. The molecule has 2 aromatic rings. The van der Waals surface area contributed by atoms with Crippen molar-refractivity contribution >= 4 is 11.6 Å². The molecule has 7 heteroatoms. The molecule has 1 saturated heterocycles. The van der Waals surface area contributed by atoms with E-state index in [1.54, 1.807) is 6.07 Å². The van der Waals surface area contributed by atoms with Gasteiger partial charge in [-0.1, -0.05) is 0 Å². The zero-order chi connectivity index (χ0) is 15.6. The smallest absolute Gasteiger partial charge is 0.166 e.